The van der Waals surface area contributed by atoms with Crippen molar-refractivity contribution in [1.82, 2.24) is 0 Å². The molecule has 1 aromatic carbocycles. The van der Waals surface area contributed by atoms with Gasteiger partial charge in [0.05, 0.1) is 23.4 Å². The van der Waals surface area contributed by atoms with Crippen LogP contribution in [0.15, 0.2) is 23.1 Å². The number of rotatable bonds is 5. The van der Waals surface area contributed by atoms with E-state index in [1.54, 1.807) is 0 Å². The van der Waals surface area contributed by atoms with Gasteiger partial charge in [0, 0.05) is 6.07 Å². The summed E-state index contributed by atoms with van der Waals surface area (Å²) >= 11 is -2.43. The van der Waals surface area contributed by atoms with Gasteiger partial charge >= 0.3 is 29.6 Å². The molecule has 6 nitrogen and oxygen atoms in total. The number of nitrogens with one attached hydrogen (secondary N) is 1. The van der Waals surface area contributed by atoms with E-state index < -0.39 is 21.1 Å². The van der Waals surface area contributed by atoms with Gasteiger partial charge in [-0.2, -0.15) is 0 Å². The van der Waals surface area contributed by atoms with Gasteiger partial charge in [0.2, 0.25) is 10.0 Å². The summed E-state index contributed by atoms with van der Waals surface area (Å²) in [5.74, 6) is 0.0273. The molecule has 0 aliphatic carbocycles. The molecule has 0 fully saturated rings. The first-order valence-corrected chi connectivity index (χ1v) is 7.40. The summed E-state index contributed by atoms with van der Waals surface area (Å²) in [6.45, 7) is 1.50. The number of hydrogen-bond donors (Lipinski definition) is 1. The Labute approximate surface area is 131 Å². The van der Waals surface area contributed by atoms with Crippen molar-refractivity contribution in [3.8, 4) is 5.75 Å². The average Bonchev–Trinajstić information content (AvgIpc) is 2.28. The van der Waals surface area contributed by atoms with E-state index in [-0.39, 0.29) is 51.6 Å². The number of hydrogen-bond acceptors (Lipinski definition) is 5. The number of methoxy groups -OCH3 is 1. The van der Waals surface area contributed by atoms with Crippen molar-refractivity contribution in [2.24, 2.45) is 0 Å². The summed E-state index contributed by atoms with van der Waals surface area (Å²) < 4.78 is 51.4. The molecule has 0 aliphatic rings. The van der Waals surface area contributed by atoms with Gasteiger partial charge in [-0.1, -0.05) is 0 Å². The Kier molecular flexibility index (Phi) is 7.41. The van der Waals surface area contributed by atoms with Crippen molar-refractivity contribution < 1.29 is 51.5 Å². The van der Waals surface area contributed by atoms with Crippen molar-refractivity contribution >= 4 is 26.8 Å². The molecule has 18 heavy (non-hydrogen) atoms. The normalized spacial score (nSPS) is 12.4. The van der Waals surface area contributed by atoms with E-state index in [2.05, 4.69) is 4.72 Å². The first kappa shape index (κ1) is 17.9. The standard InChI is InChI=1S/C9H13NO5S2.Na/c1-3-17(13,14)10-7-4-5-9(16(11)12)8(6-7)15-2;/h4-6,10H,3H2,1-2H3,(H,11,12);/q;+1/p-1. The van der Waals surface area contributed by atoms with Crippen LogP contribution in [-0.4, -0.2) is 30.0 Å². The van der Waals surface area contributed by atoms with E-state index in [4.69, 9.17) is 4.74 Å². The van der Waals surface area contributed by atoms with Crippen molar-refractivity contribution in [1.29, 1.82) is 0 Å². The molecule has 1 aromatic rings. The number of anilines is 1. The molecule has 1 unspecified atom stereocenters. The first-order valence-electron chi connectivity index (χ1n) is 4.67. The maximum Gasteiger partial charge on any atom is 1.00 e. The smallest absolute Gasteiger partial charge is 0.768 e. The Morgan fingerprint density at radius 1 is 1.44 bits per heavy atom. The van der Waals surface area contributed by atoms with E-state index in [0.717, 1.165) is 0 Å². The summed E-state index contributed by atoms with van der Waals surface area (Å²) in [7, 11) is -2.08. The van der Waals surface area contributed by atoms with Crippen LogP contribution in [0, 0.1) is 0 Å². The zero-order valence-corrected chi connectivity index (χ0v) is 13.9. The maximum atomic E-state index is 11.3. The van der Waals surface area contributed by atoms with Crippen LogP contribution in [-0.2, 0) is 21.1 Å². The minimum atomic E-state index is -3.39. The van der Waals surface area contributed by atoms with Crippen LogP contribution in [0.4, 0.5) is 5.69 Å². The van der Waals surface area contributed by atoms with Crippen LogP contribution in [0.3, 0.4) is 0 Å². The Balaban J connectivity index is 0.00000289. The largest absolute Gasteiger partial charge is 1.00 e. The third kappa shape index (κ3) is 4.87. The molecule has 0 saturated heterocycles. The van der Waals surface area contributed by atoms with Crippen molar-refractivity contribution in [3.63, 3.8) is 0 Å². The van der Waals surface area contributed by atoms with Gasteiger partial charge in [0.25, 0.3) is 0 Å². The minimum absolute atomic E-state index is 0. The molecule has 1 atom stereocenters. The summed E-state index contributed by atoms with van der Waals surface area (Å²) in [6.07, 6.45) is 0. The monoisotopic (exact) mass is 301 g/mol. The number of benzene rings is 1. The third-order valence-electron chi connectivity index (χ3n) is 2.00. The van der Waals surface area contributed by atoms with Crippen LogP contribution < -0.4 is 39.0 Å². The maximum absolute atomic E-state index is 11.3. The molecule has 0 bridgehead atoms. The van der Waals surface area contributed by atoms with Crippen LogP contribution in [0.1, 0.15) is 6.92 Å². The molecule has 0 saturated carbocycles. The second-order valence-corrected chi connectivity index (χ2v) is 6.03. The number of ether oxygens (including phenoxy) is 1. The van der Waals surface area contributed by atoms with Gasteiger partial charge in [-0.3, -0.25) is 8.93 Å². The average molecular weight is 301 g/mol. The zero-order chi connectivity index (χ0) is 13.1. The SMILES string of the molecule is CCS(=O)(=O)Nc1ccc(S(=O)[O-])c(OC)c1.[Na+]. The zero-order valence-electron chi connectivity index (χ0n) is 10.3. The molecule has 0 spiro atoms. The van der Waals surface area contributed by atoms with E-state index in [9.17, 15) is 17.2 Å². The predicted octanol–water partition coefficient (Wildman–Crippen LogP) is -2.30. The Bertz CT molecular complexity index is 532. The second-order valence-electron chi connectivity index (χ2n) is 3.11. The summed E-state index contributed by atoms with van der Waals surface area (Å²) in [5.41, 5.74) is 0.262. The van der Waals surface area contributed by atoms with Gasteiger partial charge in [-0.15, -0.1) is 0 Å². The predicted molar refractivity (Wildman–Crippen MR) is 63.3 cm³/mol. The molecule has 9 heteroatoms. The first-order chi connectivity index (χ1) is 7.89. The Morgan fingerprint density at radius 2 is 2.06 bits per heavy atom. The molecule has 0 heterocycles. The summed E-state index contributed by atoms with van der Waals surface area (Å²) in [5, 5.41) is 0. The fourth-order valence-corrected chi connectivity index (χ4v) is 2.24. The molecular weight excluding hydrogens is 289 g/mol. The van der Waals surface area contributed by atoms with Crippen LogP contribution >= 0.6 is 0 Å². The Morgan fingerprint density at radius 3 is 2.50 bits per heavy atom. The molecule has 96 valence electrons. The minimum Gasteiger partial charge on any atom is -0.768 e. The molecule has 1 N–H and O–H groups in total. The van der Waals surface area contributed by atoms with E-state index in [1.807, 2.05) is 0 Å². The van der Waals surface area contributed by atoms with Crippen molar-refractivity contribution in [2.45, 2.75) is 11.8 Å². The third-order valence-corrected chi connectivity index (χ3v) is 4.00. The van der Waals surface area contributed by atoms with Crippen molar-refractivity contribution in [3.05, 3.63) is 18.2 Å². The van der Waals surface area contributed by atoms with E-state index in [0.29, 0.717) is 0 Å². The molecular formula is C9H12NNaO5S2. The molecule has 1 rings (SSSR count). The Hall–Kier alpha value is -0.120. The van der Waals surface area contributed by atoms with Gasteiger partial charge < -0.3 is 9.29 Å². The van der Waals surface area contributed by atoms with Crippen LogP contribution in [0.2, 0.25) is 0 Å². The van der Waals surface area contributed by atoms with Gasteiger partial charge in [0.15, 0.2) is 0 Å². The van der Waals surface area contributed by atoms with Crippen LogP contribution in [0.25, 0.3) is 0 Å². The quantitative estimate of drug-likeness (QED) is 0.487. The van der Waals surface area contributed by atoms with Gasteiger partial charge in [-0.05, 0) is 30.1 Å². The van der Waals surface area contributed by atoms with E-state index >= 15 is 0 Å². The molecule has 0 aromatic heterocycles. The second kappa shape index (κ2) is 7.46. The van der Waals surface area contributed by atoms with Gasteiger partial charge in [-0.25, -0.2) is 8.42 Å². The molecule has 0 aliphatic heterocycles. The molecule has 0 radical (unpaired) electrons. The fourth-order valence-electron chi connectivity index (χ4n) is 1.12. The topological polar surface area (TPSA) is 95.5 Å². The summed E-state index contributed by atoms with van der Waals surface area (Å²) in [6, 6.07) is 3.95. The van der Waals surface area contributed by atoms with Crippen molar-refractivity contribution in [2.75, 3.05) is 17.6 Å². The van der Waals surface area contributed by atoms with E-state index in [1.165, 1.54) is 32.2 Å². The number of sulfonamides is 1. The van der Waals surface area contributed by atoms with Crippen LogP contribution in [0.5, 0.6) is 5.75 Å². The molecule has 0 amide bonds. The fraction of sp³-hybridized carbons (Fsp3) is 0.333. The van der Waals surface area contributed by atoms with Gasteiger partial charge in [0.1, 0.15) is 5.75 Å². The summed E-state index contributed by atoms with van der Waals surface area (Å²) in [4.78, 5) is -0.0213.